The van der Waals surface area contributed by atoms with Crippen molar-refractivity contribution in [3.05, 3.63) is 42.0 Å². The zero-order valence-corrected chi connectivity index (χ0v) is 13.4. The molecule has 0 aliphatic carbocycles. The largest absolute Gasteiger partial charge is 0.337 e. The minimum Gasteiger partial charge on any atom is -0.337 e. The van der Waals surface area contributed by atoms with Crippen molar-refractivity contribution >= 4 is 17.6 Å². The average Bonchev–Trinajstić information content (AvgIpc) is 3.20. The van der Waals surface area contributed by atoms with E-state index in [-0.39, 0.29) is 24.5 Å². The first kappa shape index (κ1) is 16.0. The second kappa shape index (κ2) is 7.12. The zero-order chi connectivity index (χ0) is 16.9. The van der Waals surface area contributed by atoms with E-state index in [1.165, 1.54) is 0 Å². The number of hydrogen-bond donors (Lipinski definition) is 2. The van der Waals surface area contributed by atoms with Crippen molar-refractivity contribution in [2.75, 3.05) is 11.9 Å². The molecule has 1 saturated heterocycles. The molecule has 0 radical (unpaired) electrons. The molecule has 1 atom stereocenters. The Kier molecular flexibility index (Phi) is 4.74. The van der Waals surface area contributed by atoms with Gasteiger partial charge in [0, 0.05) is 18.7 Å². The maximum atomic E-state index is 11.8. The molecule has 2 aromatic rings. The Morgan fingerprint density at radius 3 is 2.92 bits per heavy atom. The van der Waals surface area contributed by atoms with Gasteiger partial charge in [-0.2, -0.15) is 4.98 Å². The Morgan fingerprint density at radius 1 is 1.38 bits per heavy atom. The standard InChI is InChI=1S/C16H19N5O3/c1-2-21-12(8-9-14(21)22)15-19-13(20-24-15)10-17-16(23)18-11-6-4-3-5-7-11/h3-7,12H,2,8-10H2,1H3,(H2,17,18,23)/t12-/m0/s1. The van der Waals surface area contributed by atoms with E-state index in [1.807, 2.05) is 25.1 Å². The molecule has 8 heteroatoms. The van der Waals surface area contributed by atoms with Crippen molar-refractivity contribution in [1.29, 1.82) is 0 Å². The third-order valence-electron chi connectivity index (χ3n) is 3.88. The molecule has 0 bridgehead atoms. The molecular formula is C16H19N5O3. The van der Waals surface area contributed by atoms with Gasteiger partial charge in [-0.05, 0) is 25.5 Å². The van der Waals surface area contributed by atoms with E-state index < -0.39 is 0 Å². The van der Waals surface area contributed by atoms with Crippen LogP contribution in [0.3, 0.4) is 0 Å². The van der Waals surface area contributed by atoms with E-state index in [0.29, 0.717) is 36.8 Å². The third kappa shape index (κ3) is 3.53. The lowest BCUT2D eigenvalue weighted by atomic mass is 10.2. The summed E-state index contributed by atoms with van der Waals surface area (Å²) < 4.78 is 5.25. The predicted molar refractivity (Wildman–Crippen MR) is 86.0 cm³/mol. The summed E-state index contributed by atoms with van der Waals surface area (Å²) in [6.07, 6.45) is 1.17. The molecule has 24 heavy (non-hydrogen) atoms. The Balaban J connectivity index is 1.55. The number of nitrogens with one attached hydrogen (secondary N) is 2. The van der Waals surface area contributed by atoms with Crippen LogP contribution in [0.25, 0.3) is 0 Å². The number of amides is 3. The van der Waals surface area contributed by atoms with Gasteiger partial charge in [-0.3, -0.25) is 4.79 Å². The summed E-state index contributed by atoms with van der Waals surface area (Å²) in [6, 6.07) is 8.62. The molecule has 126 valence electrons. The minimum absolute atomic E-state index is 0.0996. The van der Waals surface area contributed by atoms with Gasteiger partial charge in [0.15, 0.2) is 5.82 Å². The number of aromatic nitrogens is 2. The summed E-state index contributed by atoms with van der Waals surface area (Å²) in [5.74, 6) is 0.897. The molecule has 0 unspecified atom stereocenters. The van der Waals surface area contributed by atoms with Crippen LogP contribution in [0.5, 0.6) is 0 Å². The molecular weight excluding hydrogens is 310 g/mol. The Bertz CT molecular complexity index is 716. The van der Waals surface area contributed by atoms with Crippen LogP contribution < -0.4 is 10.6 Å². The number of nitrogens with zero attached hydrogens (tertiary/aromatic N) is 3. The quantitative estimate of drug-likeness (QED) is 0.874. The molecule has 2 heterocycles. The van der Waals surface area contributed by atoms with Crippen LogP contribution >= 0.6 is 0 Å². The van der Waals surface area contributed by atoms with E-state index >= 15 is 0 Å². The van der Waals surface area contributed by atoms with Crippen LogP contribution in [0.2, 0.25) is 0 Å². The number of likely N-dealkylation sites (tertiary alicyclic amines) is 1. The second-order valence-corrected chi connectivity index (χ2v) is 5.46. The van der Waals surface area contributed by atoms with Crippen LogP contribution in [-0.2, 0) is 11.3 Å². The summed E-state index contributed by atoms with van der Waals surface area (Å²) in [5, 5.41) is 9.24. The van der Waals surface area contributed by atoms with E-state index in [4.69, 9.17) is 4.52 Å². The minimum atomic E-state index is -0.348. The van der Waals surface area contributed by atoms with Crippen molar-refractivity contribution in [1.82, 2.24) is 20.4 Å². The van der Waals surface area contributed by atoms with Crippen molar-refractivity contribution in [2.45, 2.75) is 32.4 Å². The van der Waals surface area contributed by atoms with E-state index in [2.05, 4.69) is 20.8 Å². The highest BCUT2D eigenvalue weighted by molar-refractivity contribution is 5.89. The summed E-state index contributed by atoms with van der Waals surface area (Å²) >= 11 is 0. The molecule has 1 aromatic heterocycles. The fourth-order valence-electron chi connectivity index (χ4n) is 2.72. The lowest BCUT2D eigenvalue weighted by Gasteiger charge is -2.19. The van der Waals surface area contributed by atoms with Gasteiger partial charge in [0.25, 0.3) is 0 Å². The van der Waals surface area contributed by atoms with Gasteiger partial charge >= 0.3 is 6.03 Å². The summed E-state index contributed by atoms with van der Waals surface area (Å²) in [5.41, 5.74) is 0.701. The number of para-hydroxylation sites is 1. The first-order valence-corrected chi connectivity index (χ1v) is 7.89. The SMILES string of the molecule is CCN1C(=O)CC[C@H]1c1nc(CNC(=O)Nc2ccccc2)no1. The summed E-state index contributed by atoms with van der Waals surface area (Å²) in [7, 11) is 0. The molecule has 2 N–H and O–H groups in total. The smallest absolute Gasteiger partial charge is 0.319 e. The topological polar surface area (TPSA) is 100 Å². The number of carbonyl (C=O) groups excluding carboxylic acids is 2. The number of anilines is 1. The Hall–Kier alpha value is -2.90. The highest BCUT2D eigenvalue weighted by atomic mass is 16.5. The van der Waals surface area contributed by atoms with Gasteiger partial charge in [0.05, 0.1) is 6.54 Å². The molecule has 1 aromatic carbocycles. The lowest BCUT2D eigenvalue weighted by molar-refractivity contribution is -0.129. The van der Waals surface area contributed by atoms with Crippen LogP contribution in [-0.4, -0.2) is 33.5 Å². The number of hydrogen-bond acceptors (Lipinski definition) is 5. The maximum Gasteiger partial charge on any atom is 0.319 e. The highest BCUT2D eigenvalue weighted by Gasteiger charge is 2.34. The Morgan fingerprint density at radius 2 is 2.17 bits per heavy atom. The van der Waals surface area contributed by atoms with Gasteiger partial charge in [-0.1, -0.05) is 23.4 Å². The maximum absolute atomic E-state index is 11.8. The predicted octanol–water partition coefficient (Wildman–Crippen LogP) is 2.07. The lowest BCUT2D eigenvalue weighted by Crippen LogP contribution is -2.29. The van der Waals surface area contributed by atoms with Crippen LogP contribution in [0.15, 0.2) is 34.9 Å². The van der Waals surface area contributed by atoms with Crippen molar-refractivity contribution in [3.8, 4) is 0 Å². The average molecular weight is 329 g/mol. The van der Waals surface area contributed by atoms with Crippen molar-refractivity contribution < 1.29 is 14.1 Å². The van der Waals surface area contributed by atoms with Crippen LogP contribution in [0.1, 0.15) is 37.5 Å². The monoisotopic (exact) mass is 329 g/mol. The van der Waals surface area contributed by atoms with E-state index in [9.17, 15) is 9.59 Å². The van der Waals surface area contributed by atoms with E-state index in [0.717, 1.165) is 0 Å². The number of benzene rings is 1. The van der Waals surface area contributed by atoms with Crippen molar-refractivity contribution in [2.24, 2.45) is 0 Å². The fraction of sp³-hybridized carbons (Fsp3) is 0.375. The molecule has 1 fully saturated rings. The van der Waals surface area contributed by atoms with Gasteiger partial charge in [-0.25, -0.2) is 4.79 Å². The number of carbonyl (C=O) groups is 2. The summed E-state index contributed by atoms with van der Waals surface area (Å²) in [4.78, 5) is 29.6. The van der Waals surface area contributed by atoms with Gasteiger partial charge in [-0.15, -0.1) is 0 Å². The normalized spacial score (nSPS) is 17.1. The third-order valence-corrected chi connectivity index (χ3v) is 3.88. The molecule has 3 amide bonds. The molecule has 8 nitrogen and oxygen atoms in total. The zero-order valence-electron chi connectivity index (χ0n) is 13.4. The molecule has 1 aliphatic heterocycles. The summed E-state index contributed by atoms with van der Waals surface area (Å²) in [6.45, 7) is 2.68. The second-order valence-electron chi connectivity index (χ2n) is 5.46. The molecule has 3 rings (SSSR count). The van der Waals surface area contributed by atoms with Crippen LogP contribution in [0, 0.1) is 0 Å². The Labute approximate surface area is 139 Å². The molecule has 0 spiro atoms. The highest BCUT2D eigenvalue weighted by Crippen LogP contribution is 2.31. The van der Waals surface area contributed by atoms with Crippen molar-refractivity contribution in [3.63, 3.8) is 0 Å². The molecule has 0 saturated carbocycles. The first-order chi connectivity index (χ1) is 11.7. The van der Waals surface area contributed by atoms with Crippen LogP contribution in [0.4, 0.5) is 10.5 Å². The fourth-order valence-corrected chi connectivity index (χ4v) is 2.72. The first-order valence-electron chi connectivity index (χ1n) is 7.89. The number of rotatable bonds is 5. The van der Waals surface area contributed by atoms with Gasteiger partial charge in [0.1, 0.15) is 6.04 Å². The van der Waals surface area contributed by atoms with E-state index in [1.54, 1.807) is 17.0 Å². The number of urea groups is 1. The molecule has 1 aliphatic rings. The van der Waals surface area contributed by atoms with Gasteiger partial charge < -0.3 is 20.1 Å². The van der Waals surface area contributed by atoms with Gasteiger partial charge in [0.2, 0.25) is 11.8 Å².